The van der Waals surface area contributed by atoms with Crippen LogP contribution in [0.2, 0.25) is 10.0 Å². The Balaban J connectivity index is 1.87. The van der Waals surface area contributed by atoms with Crippen LogP contribution in [0.5, 0.6) is 5.75 Å². The molecule has 2 aliphatic rings. The van der Waals surface area contributed by atoms with Gasteiger partial charge in [-0.2, -0.15) is 0 Å². The highest BCUT2D eigenvalue weighted by Crippen LogP contribution is 2.68. The average Bonchev–Trinajstić information content (AvgIpc) is 3.12. The van der Waals surface area contributed by atoms with Crippen molar-refractivity contribution >= 4 is 29.2 Å². The quantitative estimate of drug-likeness (QED) is 0.554. The van der Waals surface area contributed by atoms with E-state index in [4.69, 9.17) is 27.9 Å². The fraction of sp³-hybridized carbons (Fsp3) is 0.217. The van der Waals surface area contributed by atoms with Gasteiger partial charge in [-0.15, -0.1) is 0 Å². The molecule has 2 aromatic carbocycles. The number of nitrogens with zero attached hydrogens (tertiary/aromatic N) is 1. The number of aromatic nitrogens is 1. The van der Waals surface area contributed by atoms with Crippen molar-refractivity contribution in [3.63, 3.8) is 0 Å². The van der Waals surface area contributed by atoms with Gasteiger partial charge in [0.1, 0.15) is 17.5 Å². The Morgan fingerprint density at radius 1 is 1.03 bits per heavy atom. The van der Waals surface area contributed by atoms with E-state index in [1.54, 1.807) is 54.6 Å². The van der Waals surface area contributed by atoms with Crippen molar-refractivity contribution in [2.45, 2.75) is 23.2 Å². The monoisotopic (exact) mass is 457 g/mol. The first kappa shape index (κ1) is 20.3. The van der Waals surface area contributed by atoms with Gasteiger partial charge in [0.15, 0.2) is 11.2 Å². The number of aliphatic hydroxyl groups excluding tert-OH is 1. The summed E-state index contributed by atoms with van der Waals surface area (Å²) in [5.74, 6) is -3.38. The van der Waals surface area contributed by atoms with E-state index in [0.29, 0.717) is 16.1 Å². The number of fused-ring (bicyclic) bond motifs is 3. The Morgan fingerprint density at radius 2 is 1.71 bits per heavy atom. The molecular formula is C23H17Cl2NO5. The number of pyridine rings is 1. The van der Waals surface area contributed by atoms with Crippen LogP contribution in [0.3, 0.4) is 0 Å². The molecular weight excluding hydrogens is 441 g/mol. The third-order valence-electron chi connectivity index (χ3n) is 6.30. The standard InChI is InChI=1S/C23H17Cl2NO5/c24-14-8-6-13(7-9-14)23-18(12-4-2-1-3-5-12)17(21(28)29)20(27)22(23,30)19-16(31-23)10-15(25)11-26-19/h1-11,17-18,20,27,30H,(H,28,29)/t17-,18-,20-,22?,23+/m1/s1. The highest BCUT2D eigenvalue weighted by molar-refractivity contribution is 6.30. The Morgan fingerprint density at radius 3 is 2.35 bits per heavy atom. The molecule has 1 saturated carbocycles. The Kier molecular flexibility index (Phi) is 4.53. The second-order valence-corrected chi connectivity index (χ2v) is 8.68. The Bertz CT molecular complexity index is 1170. The second-order valence-electron chi connectivity index (χ2n) is 7.81. The number of halogens is 2. The summed E-state index contributed by atoms with van der Waals surface area (Å²) in [5, 5.41) is 34.2. The number of hydrogen-bond acceptors (Lipinski definition) is 5. The fourth-order valence-corrected chi connectivity index (χ4v) is 5.38. The summed E-state index contributed by atoms with van der Waals surface area (Å²) in [4.78, 5) is 16.6. The van der Waals surface area contributed by atoms with Crippen molar-refractivity contribution in [3.8, 4) is 5.75 Å². The van der Waals surface area contributed by atoms with Crippen LogP contribution < -0.4 is 4.74 Å². The molecule has 0 bridgehead atoms. The lowest BCUT2D eigenvalue weighted by Crippen LogP contribution is -2.52. The van der Waals surface area contributed by atoms with Crippen molar-refractivity contribution in [1.29, 1.82) is 0 Å². The summed E-state index contributed by atoms with van der Waals surface area (Å²) in [7, 11) is 0. The van der Waals surface area contributed by atoms with Crippen LogP contribution in [0.25, 0.3) is 0 Å². The molecule has 1 fully saturated rings. The summed E-state index contributed by atoms with van der Waals surface area (Å²) in [6, 6.07) is 16.9. The van der Waals surface area contributed by atoms with Gasteiger partial charge in [-0.05, 0) is 23.3 Å². The largest absolute Gasteiger partial charge is 0.481 e. The molecule has 0 radical (unpaired) electrons. The molecule has 0 spiro atoms. The topological polar surface area (TPSA) is 99.9 Å². The number of benzene rings is 2. The lowest BCUT2D eigenvalue weighted by atomic mass is 9.71. The summed E-state index contributed by atoms with van der Waals surface area (Å²) >= 11 is 12.2. The first-order valence-electron chi connectivity index (χ1n) is 9.60. The first-order valence-corrected chi connectivity index (χ1v) is 10.4. The van der Waals surface area contributed by atoms with Gasteiger partial charge in [-0.3, -0.25) is 9.78 Å². The molecule has 0 amide bonds. The van der Waals surface area contributed by atoms with E-state index >= 15 is 0 Å². The maximum Gasteiger partial charge on any atom is 0.310 e. The zero-order chi connectivity index (χ0) is 22.0. The van der Waals surface area contributed by atoms with Crippen LogP contribution >= 0.6 is 23.2 Å². The molecule has 1 unspecified atom stereocenters. The number of ether oxygens (including phenoxy) is 1. The minimum Gasteiger partial charge on any atom is -0.481 e. The average molecular weight is 458 g/mol. The molecule has 31 heavy (non-hydrogen) atoms. The number of aliphatic carboxylic acids is 1. The third-order valence-corrected chi connectivity index (χ3v) is 6.76. The van der Waals surface area contributed by atoms with Gasteiger partial charge in [0.05, 0.1) is 10.9 Å². The van der Waals surface area contributed by atoms with E-state index in [1.165, 1.54) is 12.3 Å². The van der Waals surface area contributed by atoms with Crippen molar-refractivity contribution in [3.05, 3.63) is 93.7 Å². The van der Waals surface area contributed by atoms with Crippen molar-refractivity contribution in [2.24, 2.45) is 5.92 Å². The van der Waals surface area contributed by atoms with Crippen molar-refractivity contribution in [2.75, 3.05) is 0 Å². The van der Waals surface area contributed by atoms with Gasteiger partial charge in [-0.25, -0.2) is 0 Å². The van der Waals surface area contributed by atoms with Crippen LogP contribution in [0, 0.1) is 5.92 Å². The summed E-state index contributed by atoms with van der Waals surface area (Å²) < 4.78 is 6.38. The first-order chi connectivity index (χ1) is 14.8. The molecule has 5 atom stereocenters. The van der Waals surface area contributed by atoms with Crippen LogP contribution in [0.1, 0.15) is 22.7 Å². The Labute approximate surface area is 187 Å². The van der Waals surface area contributed by atoms with Gasteiger partial charge in [0, 0.05) is 23.2 Å². The molecule has 158 valence electrons. The number of carboxylic acids is 1. The fourth-order valence-electron chi connectivity index (χ4n) is 5.10. The van der Waals surface area contributed by atoms with E-state index in [9.17, 15) is 20.1 Å². The number of carbonyl (C=O) groups is 1. The van der Waals surface area contributed by atoms with E-state index in [0.717, 1.165) is 0 Å². The van der Waals surface area contributed by atoms with Crippen LogP contribution in [0.4, 0.5) is 0 Å². The highest BCUT2D eigenvalue weighted by atomic mass is 35.5. The minimum atomic E-state index is -2.15. The van der Waals surface area contributed by atoms with Gasteiger partial charge < -0.3 is 20.1 Å². The smallest absolute Gasteiger partial charge is 0.310 e. The summed E-state index contributed by atoms with van der Waals surface area (Å²) in [6.07, 6.45) is -0.376. The molecule has 1 aromatic heterocycles. The predicted molar refractivity (Wildman–Crippen MR) is 113 cm³/mol. The molecule has 3 aromatic rings. The highest BCUT2D eigenvalue weighted by Gasteiger charge is 2.78. The molecule has 1 aliphatic heterocycles. The van der Waals surface area contributed by atoms with Crippen LogP contribution in [0.15, 0.2) is 66.9 Å². The molecule has 3 N–H and O–H groups in total. The number of aliphatic hydroxyl groups is 2. The zero-order valence-electron chi connectivity index (χ0n) is 15.9. The minimum absolute atomic E-state index is 0.0454. The molecule has 0 saturated heterocycles. The van der Waals surface area contributed by atoms with Gasteiger partial charge in [-0.1, -0.05) is 65.7 Å². The maximum absolute atomic E-state index is 12.4. The van der Waals surface area contributed by atoms with E-state index < -0.39 is 35.1 Å². The Hall–Kier alpha value is -2.64. The number of rotatable bonds is 3. The zero-order valence-corrected chi connectivity index (χ0v) is 17.5. The normalized spacial score (nSPS) is 31.0. The molecule has 6 nitrogen and oxygen atoms in total. The molecule has 8 heteroatoms. The van der Waals surface area contributed by atoms with E-state index in [2.05, 4.69) is 4.98 Å². The van der Waals surface area contributed by atoms with E-state index in [-0.39, 0.29) is 16.5 Å². The lowest BCUT2D eigenvalue weighted by Gasteiger charge is -2.40. The van der Waals surface area contributed by atoms with Gasteiger partial charge in [0.25, 0.3) is 0 Å². The van der Waals surface area contributed by atoms with Crippen LogP contribution in [-0.2, 0) is 16.0 Å². The summed E-state index contributed by atoms with van der Waals surface area (Å²) in [6.45, 7) is 0. The van der Waals surface area contributed by atoms with Gasteiger partial charge >= 0.3 is 5.97 Å². The van der Waals surface area contributed by atoms with Crippen molar-refractivity contribution in [1.82, 2.24) is 4.98 Å². The molecule has 5 rings (SSSR count). The maximum atomic E-state index is 12.4. The molecule has 2 heterocycles. The van der Waals surface area contributed by atoms with Crippen molar-refractivity contribution < 1.29 is 24.9 Å². The van der Waals surface area contributed by atoms with E-state index in [1.807, 2.05) is 0 Å². The lowest BCUT2D eigenvalue weighted by molar-refractivity contribution is -0.160. The summed E-state index contributed by atoms with van der Waals surface area (Å²) in [5.41, 5.74) is -2.72. The molecule has 1 aliphatic carbocycles. The predicted octanol–water partition coefficient (Wildman–Crippen LogP) is 3.72. The second kappa shape index (κ2) is 6.93. The van der Waals surface area contributed by atoms with Crippen LogP contribution in [-0.4, -0.2) is 32.4 Å². The van der Waals surface area contributed by atoms with Gasteiger partial charge in [0.2, 0.25) is 0 Å². The third kappa shape index (κ3) is 2.59. The SMILES string of the molecule is O=C(O)[C@H]1[C@@H](O)C2(O)c3ncc(Cl)cc3O[C@@]2(c2ccc(Cl)cc2)[C@@H]1c1ccccc1. The number of hydrogen-bond donors (Lipinski definition) is 3. The number of carboxylic acid groups (broad SMARTS) is 1.